The number of nitrogens with two attached hydrogens (primary N) is 1. The maximum atomic E-state index is 12.7. The van der Waals surface area contributed by atoms with Crippen molar-refractivity contribution in [2.75, 3.05) is 26.2 Å². The molecule has 1 saturated heterocycles. The number of hydrogen-bond acceptors (Lipinski definition) is 3. The lowest BCUT2D eigenvalue weighted by atomic mass is 10.0. The molecule has 0 bridgehead atoms. The zero-order valence-corrected chi connectivity index (χ0v) is 15.5. The van der Waals surface area contributed by atoms with Gasteiger partial charge in [0, 0.05) is 32.7 Å². The van der Waals surface area contributed by atoms with Crippen LogP contribution in [0.4, 0.5) is 4.79 Å². The Kier molecular flexibility index (Phi) is 6.82. The van der Waals surface area contributed by atoms with E-state index in [-0.39, 0.29) is 5.91 Å². The van der Waals surface area contributed by atoms with E-state index in [1.807, 2.05) is 18.7 Å². The number of carbonyl (C=O) groups excluding carboxylic acids is 2. The Morgan fingerprint density at radius 1 is 1.16 bits per heavy atom. The molecule has 0 saturated carbocycles. The highest BCUT2D eigenvalue weighted by atomic mass is 16.2. The average Bonchev–Trinajstić information content (AvgIpc) is 2.55. The first kappa shape index (κ1) is 19.2. The van der Waals surface area contributed by atoms with E-state index in [0.717, 1.165) is 19.6 Å². The van der Waals surface area contributed by atoms with Gasteiger partial charge in [-0.2, -0.15) is 0 Å². The molecule has 25 heavy (non-hydrogen) atoms. The van der Waals surface area contributed by atoms with E-state index in [1.165, 1.54) is 11.1 Å². The van der Waals surface area contributed by atoms with Crippen molar-refractivity contribution in [3.05, 3.63) is 35.4 Å². The highest BCUT2D eigenvalue weighted by molar-refractivity contribution is 5.86. The molecule has 6 heteroatoms. The molecule has 1 fully saturated rings. The summed E-state index contributed by atoms with van der Waals surface area (Å²) in [5, 5.41) is 2.60. The predicted octanol–water partition coefficient (Wildman–Crippen LogP) is 1.72. The minimum atomic E-state index is -0.641. The molecule has 3 N–H and O–H groups in total. The van der Waals surface area contributed by atoms with Crippen LogP contribution in [0.3, 0.4) is 0 Å². The molecule has 0 aromatic heterocycles. The summed E-state index contributed by atoms with van der Waals surface area (Å²) in [6, 6.07) is 7.23. The molecular weight excluding hydrogens is 316 g/mol. The van der Waals surface area contributed by atoms with Crippen LogP contribution < -0.4 is 11.1 Å². The van der Waals surface area contributed by atoms with Crippen molar-refractivity contribution in [2.24, 2.45) is 11.7 Å². The van der Waals surface area contributed by atoms with Crippen LogP contribution in [0.1, 0.15) is 31.4 Å². The molecule has 1 aliphatic rings. The monoisotopic (exact) mass is 346 g/mol. The minimum absolute atomic E-state index is 0.0250. The number of nitrogens with one attached hydrogen (secondary N) is 1. The largest absolute Gasteiger partial charge is 0.352 e. The van der Waals surface area contributed by atoms with Crippen molar-refractivity contribution < 1.29 is 9.59 Å². The molecule has 0 radical (unpaired) electrons. The van der Waals surface area contributed by atoms with Gasteiger partial charge in [-0.3, -0.25) is 9.69 Å². The van der Waals surface area contributed by atoms with E-state index in [1.54, 1.807) is 0 Å². The van der Waals surface area contributed by atoms with E-state index in [0.29, 0.717) is 25.4 Å². The number of benzene rings is 1. The fourth-order valence-electron chi connectivity index (χ4n) is 3.24. The Morgan fingerprint density at radius 3 is 2.36 bits per heavy atom. The Labute approximate surface area is 150 Å². The summed E-state index contributed by atoms with van der Waals surface area (Å²) in [5.74, 6) is 0.284. The number of nitrogens with zero attached hydrogens (tertiary/aromatic N) is 2. The first-order valence-electron chi connectivity index (χ1n) is 8.98. The number of amides is 3. The van der Waals surface area contributed by atoms with E-state index in [4.69, 9.17) is 5.73 Å². The van der Waals surface area contributed by atoms with Crippen molar-refractivity contribution in [3.63, 3.8) is 0 Å². The van der Waals surface area contributed by atoms with Gasteiger partial charge >= 0.3 is 6.03 Å². The highest BCUT2D eigenvalue weighted by Gasteiger charge is 2.28. The van der Waals surface area contributed by atoms with Crippen LogP contribution >= 0.6 is 0 Å². The van der Waals surface area contributed by atoms with Gasteiger partial charge in [0.25, 0.3) is 0 Å². The zero-order chi connectivity index (χ0) is 18.4. The van der Waals surface area contributed by atoms with Crippen LogP contribution in [0, 0.1) is 12.8 Å². The van der Waals surface area contributed by atoms with Crippen LogP contribution in [0.2, 0.25) is 0 Å². The predicted molar refractivity (Wildman–Crippen MR) is 99.0 cm³/mol. The number of carbonyl (C=O) groups is 2. The summed E-state index contributed by atoms with van der Waals surface area (Å²) in [6.07, 6.45) is 0.602. The van der Waals surface area contributed by atoms with Gasteiger partial charge in [-0.1, -0.05) is 38.1 Å². The fraction of sp³-hybridized carbons (Fsp3) is 0.579. The van der Waals surface area contributed by atoms with Gasteiger partial charge in [0.05, 0.1) is 0 Å². The number of urea groups is 1. The lowest BCUT2D eigenvalue weighted by Crippen LogP contribution is -2.55. The van der Waals surface area contributed by atoms with Gasteiger partial charge < -0.3 is 16.0 Å². The Balaban J connectivity index is 1.90. The molecule has 0 unspecified atom stereocenters. The molecule has 6 nitrogen and oxygen atoms in total. The van der Waals surface area contributed by atoms with Crippen molar-refractivity contribution in [1.29, 1.82) is 0 Å². The van der Waals surface area contributed by atoms with Crippen LogP contribution in [0.25, 0.3) is 0 Å². The molecule has 2 rings (SSSR count). The molecule has 1 atom stereocenters. The smallest absolute Gasteiger partial charge is 0.312 e. The Hall–Kier alpha value is -2.08. The topological polar surface area (TPSA) is 78.7 Å². The third kappa shape index (κ3) is 5.74. The summed E-state index contributed by atoms with van der Waals surface area (Å²) in [7, 11) is 0. The first-order chi connectivity index (χ1) is 11.9. The standard InChI is InChI=1S/C19H30N4O2/c1-14(2)12-17(21-19(20)25)18(24)23-10-8-22(9-11-23)13-16-7-5-4-6-15(16)3/h4-7,14,17H,8-13H2,1-3H3,(H3,20,21,25)/t17-/m0/s1. The molecule has 1 aromatic rings. The number of hydrogen-bond donors (Lipinski definition) is 2. The van der Waals surface area contributed by atoms with Gasteiger partial charge in [0.1, 0.15) is 6.04 Å². The van der Waals surface area contributed by atoms with Crippen molar-refractivity contribution >= 4 is 11.9 Å². The Bertz CT molecular complexity index is 595. The van der Waals surface area contributed by atoms with Gasteiger partial charge in [-0.15, -0.1) is 0 Å². The summed E-state index contributed by atoms with van der Waals surface area (Å²) in [4.78, 5) is 28.1. The van der Waals surface area contributed by atoms with Crippen LogP contribution in [-0.4, -0.2) is 54.0 Å². The van der Waals surface area contributed by atoms with E-state index in [9.17, 15) is 9.59 Å². The molecule has 0 spiro atoms. The molecule has 1 aromatic carbocycles. The lowest BCUT2D eigenvalue weighted by Gasteiger charge is -2.37. The Morgan fingerprint density at radius 2 is 1.80 bits per heavy atom. The number of piperazine rings is 1. The fourth-order valence-corrected chi connectivity index (χ4v) is 3.24. The molecule has 138 valence electrons. The maximum Gasteiger partial charge on any atom is 0.312 e. The summed E-state index contributed by atoms with van der Waals surface area (Å²) in [6.45, 7) is 10.1. The molecule has 1 aliphatic heterocycles. The SMILES string of the molecule is Cc1ccccc1CN1CCN(C(=O)[C@H](CC(C)C)NC(N)=O)CC1. The first-order valence-corrected chi connectivity index (χ1v) is 8.98. The van der Waals surface area contributed by atoms with Gasteiger partial charge in [0.15, 0.2) is 0 Å². The summed E-state index contributed by atoms with van der Waals surface area (Å²) < 4.78 is 0. The normalized spacial score (nSPS) is 16.7. The second kappa shape index (κ2) is 8.85. The van der Waals surface area contributed by atoms with Gasteiger partial charge in [-0.25, -0.2) is 4.79 Å². The number of aryl methyl sites for hydroxylation is 1. The summed E-state index contributed by atoms with van der Waals surface area (Å²) in [5.41, 5.74) is 7.85. The van der Waals surface area contributed by atoms with Gasteiger partial charge in [-0.05, 0) is 30.4 Å². The zero-order valence-electron chi connectivity index (χ0n) is 15.5. The van der Waals surface area contributed by atoms with E-state index >= 15 is 0 Å². The van der Waals surface area contributed by atoms with E-state index < -0.39 is 12.1 Å². The molecule has 0 aliphatic carbocycles. The third-order valence-corrected chi connectivity index (χ3v) is 4.66. The quantitative estimate of drug-likeness (QED) is 0.823. The van der Waals surface area contributed by atoms with Crippen LogP contribution in [0.15, 0.2) is 24.3 Å². The molecular formula is C19H30N4O2. The second-order valence-corrected chi connectivity index (χ2v) is 7.22. The number of rotatable bonds is 6. The van der Waals surface area contributed by atoms with Crippen molar-refractivity contribution in [2.45, 2.75) is 39.8 Å². The second-order valence-electron chi connectivity index (χ2n) is 7.22. The van der Waals surface area contributed by atoms with Crippen molar-refractivity contribution in [1.82, 2.24) is 15.1 Å². The van der Waals surface area contributed by atoms with Crippen LogP contribution in [-0.2, 0) is 11.3 Å². The number of primary amides is 1. The van der Waals surface area contributed by atoms with Crippen molar-refractivity contribution in [3.8, 4) is 0 Å². The highest BCUT2D eigenvalue weighted by Crippen LogP contribution is 2.14. The lowest BCUT2D eigenvalue weighted by molar-refractivity contribution is -0.135. The third-order valence-electron chi connectivity index (χ3n) is 4.66. The average molecular weight is 346 g/mol. The minimum Gasteiger partial charge on any atom is -0.352 e. The molecule has 1 heterocycles. The maximum absolute atomic E-state index is 12.7. The summed E-state index contributed by atoms with van der Waals surface area (Å²) >= 11 is 0. The molecule has 3 amide bonds. The van der Waals surface area contributed by atoms with Crippen LogP contribution in [0.5, 0.6) is 0 Å². The van der Waals surface area contributed by atoms with E-state index in [2.05, 4.69) is 41.4 Å². The van der Waals surface area contributed by atoms with Gasteiger partial charge in [0.2, 0.25) is 5.91 Å².